The molecule has 4 rings (SSSR count). The number of carboxylic acids is 1. The van der Waals surface area contributed by atoms with Gasteiger partial charge in [-0.1, -0.05) is 12.1 Å². The van der Waals surface area contributed by atoms with Crippen molar-refractivity contribution in [1.29, 1.82) is 0 Å². The first kappa shape index (κ1) is 20.9. The van der Waals surface area contributed by atoms with Crippen molar-refractivity contribution in [2.45, 2.75) is 25.0 Å². The summed E-state index contributed by atoms with van der Waals surface area (Å²) in [6, 6.07) is 7.14. The number of aromatic nitrogens is 4. The van der Waals surface area contributed by atoms with Gasteiger partial charge in [0.25, 0.3) is 6.48 Å². The molecule has 2 aromatic heterocycles. The van der Waals surface area contributed by atoms with Gasteiger partial charge in [0.05, 0.1) is 6.33 Å². The lowest BCUT2D eigenvalue weighted by Gasteiger charge is -2.30. The van der Waals surface area contributed by atoms with Crippen LogP contribution in [0.4, 0.5) is 11.5 Å². The van der Waals surface area contributed by atoms with E-state index in [0.29, 0.717) is 30.0 Å². The quantitative estimate of drug-likeness (QED) is 0.307. The number of anilines is 2. The maximum absolute atomic E-state index is 10.6. The van der Waals surface area contributed by atoms with Gasteiger partial charge in [0.15, 0.2) is 22.7 Å². The zero-order valence-corrected chi connectivity index (χ0v) is 16.4. The van der Waals surface area contributed by atoms with E-state index in [4.69, 9.17) is 24.8 Å². The fourth-order valence-electron chi connectivity index (χ4n) is 3.47. The third-order valence-corrected chi connectivity index (χ3v) is 4.90. The number of hydrogen-bond donors (Lipinski definition) is 4. The van der Waals surface area contributed by atoms with Gasteiger partial charge in [-0.25, -0.2) is 19.7 Å². The monoisotopic (exact) mass is 427 g/mol. The summed E-state index contributed by atoms with van der Waals surface area (Å²) in [6.45, 7) is -1.48. The summed E-state index contributed by atoms with van der Waals surface area (Å²) in [5, 5.41) is 30.1. The van der Waals surface area contributed by atoms with Crippen LogP contribution in [-0.2, 0) is 20.0 Å². The number of aliphatic carboxylic acids is 1. The number of imidazole rings is 1. The highest BCUT2D eigenvalue weighted by atomic mass is 16.7. The van der Waals surface area contributed by atoms with Gasteiger partial charge in [0.2, 0.25) is 0 Å². The normalized spacial score (nSPS) is 18.9. The molecule has 0 radical (unpaired) electrons. The van der Waals surface area contributed by atoms with Crippen LogP contribution in [0.15, 0.2) is 43.0 Å². The van der Waals surface area contributed by atoms with Crippen LogP contribution >= 0.6 is 0 Å². The van der Waals surface area contributed by atoms with Gasteiger partial charge in [0, 0.05) is 24.8 Å². The molecule has 11 nitrogen and oxygen atoms in total. The first-order chi connectivity index (χ1) is 15.0. The van der Waals surface area contributed by atoms with Gasteiger partial charge in [-0.2, -0.15) is 0 Å². The summed E-state index contributed by atoms with van der Waals surface area (Å²) in [7, 11) is 0. The van der Waals surface area contributed by atoms with Gasteiger partial charge in [-0.3, -0.25) is 4.57 Å². The largest absolute Gasteiger partial charge is 0.478 e. The lowest BCUT2D eigenvalue weighted by molar-refractivity contribution is -0.265. The van der Waals surface area contributed by atoms with E-state index in [1.807, 2.05) is 0 Å². The number of aliphatic hydroxyl groups excluding tert-OH is 1. The van der Waals surface area contributed by atoms with Gasteiger partial charge >= 0.3 is 5.97 Å². The first-order valence-electron chi connectivity index (χ1n) is 9.55. The summed E-state index contributed by atoms with van der Waals surface area (Å²) in [6.07, 6.45) is 6.93. The van der Waals surface area contributed by atoms with Crippen LogP contribution in [0.2, 0.25) is 0 Å². The highest BCUT2D eigenvalue weighted by Gasteiger charge is 2.39. The average molecular weight is 427 g/mol. The van der Waals surface area contributed by atoms with Crippen molar-refractivity contribution >= 4 is 34.7 Å². The number of carboxylic acid groups (broad SMARTS) is 1. The Balaban J connectivity index is 1.61. The Hall–Kier alpha value is -3.38. The van der Waals surface area contributed by atoms with E-state index < -0.39 is 18.2 Å². The average Bonchev–Trinajstić information content (AvgIpc) is 3.40. The van der Waals surface area contributed by atoms with E-state index in [-0.39, 0.29) is 6.61 Å². The van der Waals surface area contributed by atoms with Crippen molar-refractivity contribution in [3.63, 3.8) is 0 Å². The smallest absolute Gasteiger partial charge is 0.328 e. The van der Waals surface area contributed by atoms with E-state index in [2.05, 4.69) is 20.3 Å². The number of nitrogens with one attached hydrogen (secondary N) is 1. The molecule has 0 aliphatic carbocycles. The third-order valence-electron chi connectivity index (χ3n) is 4.90. The van der Waals surface area contributed by atoms with Crippen molar-refractivity contribution < 1.29 is 29.6 Å². The SMILES string of the molecule is O=C(O)/C=C/c1ccc(Nc2ncnc3c2ncn3C2(COC(O)O)CCCO2)cc1. The van der Waals surface area contributed by atoms with Crippen LogP contribution in [0.5, 0.6) is 0 Å². The molecular weight excluding hydrogens is 406 g/mol. The van der Waals surface area contributed by atoms with Crippen LogP contribution in [0, 0.1) is 0 Å². The van der Waals surface area contributed by atoms with Crippen LogP contribution < -0.4 is 5.32 Å². The highest BCUT2D eigenvalue weighted by Crippen LogP contribution is 2.35. The number of nitrogens with zero attached hydrogens (tertiary/aromatic N) is 4. The maximum atomic E-state index is 10.6. The van der Waals surface area contributed by atoms with Crippen molar-refractivity contribution in [2.24, 2.45) is 0 Å². The molecule has 1 aromatic carbocycles. The van der Waals surface area contributed by atoms with Gasteiger partial charge < -0.3 is 30.1 Å². The fourth-order valence-corrected chi connectivity index (χ4v) is 3.47. The molecule has 4 N–H and O–H groups in total. The van der Waals surface area contributed by atoms with Gasteiger partial charge in [-0.05, 0) is 30.2 Å². The fraction of sp³-hybridized carbons (Fsp3) is 0.300. The summed E-state index contributed by atoms with van der Waals surface area (Å²) < 4.78 is 12.6. The Bertz CT molecular complexity index is 1090. The zero-order chi connectivity index (χ0) is 21.8. The number of carbonyl (C=O) groups is 1. The molecule has 162 valence electrons. The van der Waals surface area contributed by atoms with Crippen LogP contribution in [0.25, 0.3) is 17.2 Å². The van der Waals surface area contributed by atoms with Crippen LogP contribution in [0.1, 0.15) is 18.4 Å². The Kier molecular flexibility index (Phi) is 5.91. The van der Waals surface area contributed by atoms with Gasteiger partial charge in [0.1, 0.15) is 12.9 Å². The highest BCUT2D eigenvalue weighted by molar-refractivity contribution is 5.86. The summed E-state index contributed by atoms with van der Waals surface area (Å²) >= 11 is 0. The predicted molar refractivity (Wildman–Crippen MR) is 109 cm³/mol. The van der Waals surface area contributed by atoms with E-state index in [1.165, 1.54) is 12.4 Å². The summed E-state index contributed by atoms with van der Waals surface area (Å²) in [5.74, 6) is -0.530. The molecule has 0 saturated carbocycles. The van der Waals surface area contributed by atoms with Crippen molar-refractivity contribution in [3.05, 3.63) is 48.6 Å². The predicted octanol–water partition coefficient (Wildman–Crippen LogP) is 1.42. The van der Waals surface area contributed by atoms with E-state index in [9.17, 15) is 4.79 Å². The number of benzene rings is 1. The number of rotatable bonds is 8. The second kappa shape index (κ2) is 8.78. The molecular formula is C20H21N5O6. The van der Waals surface area contributed by atoms with Crippen molar-refractivity contribution in [1.82, 2.24) is 19.5 Å². The molecule has 1 unspecified atom stereocenters. The lowest BCUT2D eigenvalue weighted by Crippen LogP contribution is -2.39. The Labute approximate surface area is 176 Å². The second-order valence-electron chi connectivity index (χ2n) is 6.96. The molecule has 0 spiro atoms. The third kappa shape index (κ3) is 4.54. The molecule has 3 aromatic rings. The summed E-state index contributed by atoms with van der Waals surface area (Å²) in [4.78, 5) is 23.7. The molecule has 11 heteroatoms. The Morgan fingerprint density at radius 2 is 2.10 bits per heavy atom. The minimum absolute atomic E-state index is 0.0752. The number of aliphatic hydroxyl groups is 2. The molecule has 1 aliphatic heterocycles. The summed E-state index contributed by atoms with van der Waals surface area (Å²) in [5.41, 5.74) is 1.56. The lowest BCUT2D eigenvalue weighted by atomic mass is 10.1. The van der Waals surface area contributed by atoms with Gasteiger partial charge in [-0.15, -0.1) is 0 Å². The molecule has 3 heterocycles. The molecule has 31 heavy (non-hydrogen) atoms. The molecule has 0 bridgehead atoms. The van der Waals surface area contributed by atoms with Crippen LogP contribution in [-0.4, -0.2) is 60.5 Å². The standard InChI is InChI=1S/C20H21N5O6/c26-15(27)7-4-13-2-5-14(6-3-13)24-17-16-18(22-11-21-17)25(12-23-16)20(8-1-9-31-20)10-30-19(28)29/h2-7,11-12,19,28-29H,1,8-10H2,(H,26,27)(H,21,22,24)/b7-4+. The van der Waals surface area contributed by atoms with Crippen molar-refractivity contribution in [2.75, 3.05) is 18.5 Å². The van der Waals surface area contributed by atoms with E-state index in [1.54, 1.807) is 35.2 Å². The topological polar surface area (TPSA) is 152 Å². The van der Waals surface area contributed by atoms with E-state index >= 15 is 0 Å². The molecule has 1 aliphatic rings. The molecule has 1 fully saturated rings. The zero-order valence-electron chi connectivity index (χ0n) is 16.4. The minimum atomic E-state index is -1.91. The first-order valence-corrected chi connectivity index (χ1v) is 9.55. The number of hydrogen-bond acceptors (Lipinski definition) is 9. The van der Waals surface area contributed by atoms with Crippen molar-refractivity contribution in [3.8, 4) is 0 Å². The second-order valence-corrected chi connectivity index (χ2v) is 6.96. The minimum Gasteiger partial charge on any atom is -0.478 e. The number of fused-ring (bicyclic) bond motifs is 1. The number of ether oxygens (including phenoxy) is 2. The van der Waals surface area contributed by atoms with Crippen LogP contribution in [0.3, 0.4) is 0 Å². The molecule has 1 saturated heterocycles. The Morgan fingerprint density at radius 1 is 1.29 bits per heavy atom. The Morgan fingerprint density at radius 3 is 2.77 bits per heavy atom. The molecule has 1 atom stereocenters. The maximum Gasteiger partial charge on any atom is 0.328 e. The molecule has 0 amide bonds. The van der Waals surface area contributed by atoms with E-state index in [0.717, 1.165) is 23.7 Å².